The molecular weight excluding hydrogens is 341 g/mol. The highest BCUT2D eigenvalue weighted by atomic mass is 19.1. The molecule has 4 aromatic rings. The van der Waals surface area contributed by atoms with Crippen LogP contribution >= 0.6 is 0 Å². The Kier molecular flexibility index (Phi) is 5.12. The lowest BCUT2D eigenvalue weighted by atomic mass is 10.2. The average Bonchev–Trinajstić information content (AvgIpc) is 3.11. The molecule has 0 spiro atoms. The van der Waals surface area contributed by atoms with E-state index in [1.165, 1.54) is 12.1 Å². The standard InChI is InChI=1S/C22H20FN3O/c23-18-11-9-16(10-12-18)15-27-21-8-4-1-5-17(21)13-24-14-22-25-19-6-2-3-7-20(19)26-22/h1-12,24H,13-15H2,(H,25,26). The predicted molar refractivity (Wildman–Crippen MR) is 104 cm³/mol. The summed E-state index contributed by atoms with van der Waals surface area (Å²) in [4.78, 5) is 7.88. The Labute approximate surface area is 157 Å². The molecule has 1 heterocycles. The molecule has 0 saturated carbocycles. The van der Waals surface area contributed by atoms with E-state index in [2.05, 4.69) is 15.3 Å². The van der Waals surface area contributed by atoms with Gasteiger partial charge in [-0.2, -0.15) is 0 Å². The summed E-state index contributed by atoms with van der Waals surface area (Å²) in [6, 6.07) is 22.3. The summed E-state index contributed by atoms with van der Waals surface area (Å²) in [6.45, 7) is 1.71. The van der Waals surface area contributed by atoms with E-state index in [4.69, 9.17) is 4.74 Å². The Morgan fingerprint density at radius 1 is 0.889 bits per heavy atom. The number of ether oxygens (including phenoxy) is 1. The molecule has 4 rings (SSSR count). The van der Waals surface area contributed by atoms with Crippen molar-refractivity contribution in [2.75, 3.05) is 0 Å². The van der Waals surface area contributed by atoms with Gasteiger partial charge in [-0.1, -0.05) is 42.5 Å². The molecule has 0 atom stereocenters. The molecule has 0 amide bonds. The summed E-state index contributed by atoms with van der Waals surface area (Å²) in [5, 5.41) is 3.40. The number of aromatic amines is 1. The van der Waals surface area contributed by atoms with Crippen LogP contribution in [0.5, 0.6) is 5.75 Å². The highest BCUT2D eigenvalue weighted by Gasteiger charge is 2.05. The molecule has 27 heavy (non-hydrogen) atoms. The second kappa shape index (κ2) is 8.01. The van der Waals surface area contributed by atoms with Crippen LogP contribution in [0.15, 0.2) is 72.8 Å². The molecule has 0 unspecified atom stereocenters. The van der Waals surface area contributed by atoms with Gasteiger partial charge in [-0.05, 0) is 35.9 Å². The Hall–Kier alpha value is -3.18. The van der Waals surface area contributed by atoms with E-state index in [-0.39, 0.29) is 5.82 Å². The topological polar surface area (TPSA) is 49.9 Å². The van der Waals surface area contributed by atoms with Crippen LogP contribution in [-0.4, -0.2) is 9.97 Å². The summed E-state index contributed by atoms with van der Waals surface area (Å²) >= 11 is 0. The summed E-state index contributed by atoms with van der Waals surface area (Å²) < 4.78 is 18.9. The normalized spacial score (nSPS) is 11.0. The zero-order valence-electron chi connectivity index (χ0n) is 14.8. The maximum absolute atomic E-state index is 13.0. The first-order valence-corrected chi connectivity index (χ1v) is 8.87. The maximum Gasteiger partial charge on any atom is 0.124 e. The summed E-state index contributed by atoms with van der Waals surface area (Å²) in [5.74, 6) is 1.48. The zero-order chi connectivity index (χ0) is 18.5. The average molecular weight is 361 g/mol. The second-order valence-corrected chi connectivity index (χ2v) is 6.33. The van der Waals surface area contributed by atoms with Gasteiger partial charge < -0.3 is 15.0 Å². The molecule has 0 aliphatic heterocycles. The number of aromatic nitrogens is 2. The van der Waals surface area contributed by atoms with Crippen molar-refractivity contribution < 1.29 is 9.13 Å². The van der Waals surface area contributed by atoms with Gasteiger partial charge in [-0.3, -0.25) is 0 Å². The van der Waals surface area contributed by atoms with Gasteiger partial charge in [0.15, 0.2) is 0 Å². The molecule has 5 heteroatoms. The fourth-order valence-corrected chi connectivity index (χ4v) is 2.94. The fourth-order valence-electron chi connectivity index (χ4n) is 2.94. The quantitative estimate of drug-likeness (QED) is 0.507. The lowest BCUT2D eigenvalue weighted by Crippen LogP contribution is -2.14. The molecule has 136 valence electrons. The molecule has 0 saturated heterocycles. The van der Waals surface area contributed by atoms with Crippen LogP contribution in [0.25, 0.3) is 11.0 Å². The third-order valence-electron chi connectivity index (χ3n) is 4.33. The van der Waals surface area contributed by atoms with Crippen LogP contribution in [0.4, 0.5) is 4.39 Å². The van der Waals surface area contributed by atoms with E-state index >= 15 is 0 Å². The number of benzene rings is 3. The number of fused-ring (bicyclic) bond motifs is 1. The Morgan fingerprint density at radius 3 is 2.52 bits per heavy atom. The summed E-state index contributed by atoms with van der Waals surface area (Å²) in [6.07, 6.45) is 0. The largest absolute Gasteiger partial charge is 0.489 e. The van der Waals surface area contributed by atoms with E-state index in [1.807, 2.05) is 48.5 Å². The minimum absolute atomic E-state index is 0.242. The molecule has 0 aliphatic carbocycles. The van der Waals surface area contributed by atoms with Crippen molar-refractivity contribution in [2.24, 2.45) is 0 Å². The molecule has 1 aromatic heterocycles. The fraction of sp³-hybridized carbons (Fsp3) is 0.136. The Bertz CT molecular complexity index is 994. The Morgan fingerprint density at radius 2 is 1.67 bits per heavy atom. The number of para-hydroxylation sites is 3. The lowest BCUT2D eigenvalue weighted by Gasteiger charge is -2.12. The lowest BCUT2D eigenvalue weighted by molar-refractivity contribution is 0.302. The summed E-state index contributed by atoms with van der Waals surface area (Å²) in [7, 11) is 0. The number of nitrogens with one attached hydrogen (secondary N) is 2. The molecule has 0 radical (unpaired) electrons. The SMILES string of the molecule is Fc1ccc(COc2ccccc2CNCc2nc3ccccc3[nH]2)cc1. The van der Waals surface area contributed by atoms with Gasteiger partial charge in [0.1, 0.15) is 24.0 Å². The number of nitrogens with zero attached hydrogens (tertiary/aromatic N) is 1. The van der Waals surface area contributed by atoms with Crippen molar-refractivity contribution in [3.8, 4) is 5.75 Å². The maximum atomic E-state index is 13.0. The van der Waals surface area contributed by atoms with Gasteiger partial charge in [-0.25, -0.2) is 9.37 Å². The number of H-pyrrole nitrogens is 1. The smallest absolute Gasteiger partial charge is 0.124 e. The van der Waals surface area contributed by atoms with E-state index in [0.29, 0.717) is 19.7 Å². The predicted octanol–water partition coefficient (Wildman–Crippen LogP) is 4.57. The molecule has 2 N–H and O–H groups in total. The van der Waals surface area contributed by atoms with Gasteiger partial charge in [0.05, 0.1) is 17.6 Å². The first-order valence-electron chi connectivity index (χ1n) is 8.87. The van der Waals surface area contributed by atoms with Crippen LogP contribution < -0.4 is 10.1 Å². The number of imidazole rings is 1. The number of halogens is 1. The summed E-state index contributed by atoms with van der Waals surface area (Å²) in [5.41, 5.74) is 4.01. The van der Waals surface area contributed by atoms with Crippen molar-refractivity contribution in [3.63, 3.8) is 0 Å². The van der Waals surface area contributed by atoms with E-state index in [1.54, 1.807) is 12.1 Å². The first-order chi connectivity index (χ1) is 13.3. The molecule has 0 fully saturated rings. The molecular formula is C22H20FN3O. The first kappa shape index (κ1) is 17.2. The zero-order valence-corrected chi connectivity index (χ0v) is 14.8. The van der Waals surface area contributed by atoms with Crippen molar-refractivity contribution in [2.45, 2.75) is 19.7 Å². The van der Waals surface area contributed by atoms with E-state index < -0.39 is 0 Å². The number of rotatable bonds is 7. The van der Waals surface area contributed by atoms with Crippen LogP contribution in [0.1, 0.15) is 17.0 Å². The highest BCUT2D eigenvalue weighted by Crippen LogP contribution is 2.19. The third-order valence-corrected chi connectivity index (χ3v) is 4.33. The van der Waals surface area contributed by atoms with Crippen molar-refractivity contribution in [3.05, 3.63) is 95.6 Å². The van der Waals surface area contributed by atoms with Gasteiger partial charge in [0, 0.05) is 12.1 Å². The van der Waals surface area contributed by atoms with Crippen molar-refractivity contribution >= 4 is 11.0 Å². The second-order valence-electron chi connectivity index (χ2n) is 6.33. The van der Waals surface area contributed by atoms with Gasteiger partial charge in [0.2, 0.25) is 0 Å². The minimum atomic E-state index is -0.242. The van der Waals surface area contributed by atoms with E-state index in [9.17, 15) is 4.39 Å². The monoisotopic (exact) mass is 361 g/mol. The minimum Gasteiger partial charge on any atom is -0.489 e. The number of hydrogen-bond acceptors (Lipinski definition) is 3. The molecule has 4 nitrogen and oxygen atoms in total. The molecule has 0 aliphatic rings. The van der Waals surface area contributed by atoms with Crippen molar-refractivity contribution in [1.82, 2.24) is 15.3 Å². The van der Waals surface area contributed by atoms with E-state index in [0.717, 1.165) is 33.7 Å². The number of hydrogen-bond donors (Lipinski definition) is 2. The Balaban J connectivity index is 1.36. The highest BCUT2D eigenvalue weighted by molar-refractivity contribution is 5.74. The molecule has 0 bridgehead atoms. The molecule has 3 aromatic carbocycles. The van der Waals surface area contributed by atoms with Crippen molar-refractivity contribution in [1.29, 1.82) is 0 Å². The third kappa shape index (κ3) is 4.33. The van der Waals surface area contributed by atoms with Gasteiger partial charge in [0.25, 0.3) is 0 Å². The van der Waals surface area contributed by atoms with Crippen LogP contribution in [-0.2, 0) is 19.7 Å². The van der Waals surface area contributed by atoms with Crippen LogP contribution in [0.3, 0.4) is 0 Å². The van der Waals surface area contributed by atoms with Gasteiger partial charge in [-0.15, -0.1) is 0 Å². The van der Waals surface area contributed by atoms with Crippen LogP contribution in [0, 0.1) is 5.82 Å². The van der Waals surface area contributed by atoms with Crippen LogP contribution in [0.2, 0.25) is 0 Å². The van der Waals surface area contributed by atoms with Gasteiger partial charge >= 0.3 is 0 Å².